The van der Waals surface area contributed by atoms with Crippen molar-refractivity contribution in [3.05, 3.63) is 78.3 Å². The number of rotatable bonds is 5. The van der Waals surface area contributed by atoms with Crippen LogP contribution in [0.15, 0.2) is 76.2 Å². The zero-order valence-corrected chi connectivity index (χ0v) is 16.5. The minimum absolute atomic E-state index is 0.151. The highest BCUT2D eigenvalue weighted by Crippen LogP contribution is 2.34. The Hall–Kier alpha value is -2.97. The molecule has 0 saturated carbocycles. The van der Waals surface area contributed by atoms with Gasteiger partial charge in [0, 0.05) is 6.26 Å². The Morgan fingerprint density at radius 1 is 1.07 bits per heavy atom. The van der Waals surface area contributed by atoms with E-state index in [0.29, 0.717) is 15.3 Å². The molecule has 8 heteroatoms. The fraction of sp³-hybridized carbons (Fsp3) is 0.100. The number of hydrogen-bond acceptors (Lipinski definition) is 6. The van der Waals surface area contributed by atoms with E-state index >= 15 is 0 Å². The van der Waals surface area contributed by atoms with Gasteiger partial charge >= 0.3 is 0 Å². The van der Waals surface area contributed by atoms with Crippen molar-refractivity contribution in [1.82, 2.24) is 4.98 Å². The largest absolute Gasteiger partial charge is 0.459 e. The standard InChI is InChI=1S/C20H16N2O4S2/c1-28(24,25)17-11-5-10-16-18(17)21-20(27-16)22(13-14-7-3-2-4-8-14)19(23)15-9-6-12-26-15/h2-12H,13H2,1H3. The maximum Gasteiger partial charge on any atom is 0.296 e. The summed E-state index contributed by atoms with van der Waals surface area (Å²) in [6, 6.07) is 17.8. The topological polar surface area (TPSA) is 80.5 Å². The predicted molar refractivity (Wildman–Crippen MR) is 108 cm³/mol. The SMILES string of the molecule is CS(=O)(=O)c1cccc2sc(N(Cc3ccccc3)C(=O)c3ccco3)nc12. The molecule has 2 aromatic carbocycles. The van der Waals surface area contributed by atoms with Crippen LogP contribution in [-0.4, -0.2) is 25.6 Å². The first-order chi connectivity index (χ1) is 13.4. The Morgan fingerprint density at radius 2 is 1.86 bits per heavy atom. The van der Waals surface area contributed by atoms with Gasteiger partial charge in [-0.15, -0.1) is 0 Å². The third kappa shape index (κ3) is 3.56. The van der Waals surface area contributed by atoms with Gasteiger partial charge in [0.2, 0.25) is 0 Å². The highest BCUT2D eigenvalue weighted by atomic mass is 32.2. The summed E-state index contributed by atoms with van der Waals surface area (Å²) in [5.41, 5.74) is 1.29. The molecule has 142 valence electrons. The van der Waals surface area contributed by atoms with Gasteiger partial charge in [0.1, 0.15) is 5.52 Å². The van der Waals surface area contributed by atoms with Crippen LogP contribution in [0, 0.1) is 0 Å². The van der Waals surface area contributed by atoms with Gasteiger partial charge in [-0.3, -0.25) is 9.69 Å². The average molecular weight is 412 g/mol. The summed E-state index contributed by atoms with van der Waals surface area (Å²) in [5.74, 6) is -0.146. The Balaban J connectivity index is 1.83. The van der Waals surface area contributed by atoms with Gasteiger partial charge in [-0.1, -0.05) is 47.7 Å². The van der Waals surface area contributed by atoms with Crippen molar-refractivity contribution in [2.24, 2.45) is 0 Å². The van der Waals surface area contributed by atoms with E-state index in [1.807, 2.05) is 30.3 Å². The summed E-state index contributed by atoms with van der Waals surface area (Å²) in [7, 11) is -3.44. The molecule has 0 unspecified atom stereocenters. The first-order valence-electron chi connectivity index (χ1n) is 8.42. The van der Waals surface area contributed by atoms with Gasteiger partial charge in [0.05, 0.1) is 22.4 Å². The average Bonchev–Trinajstić information content (AvgIpc) is 3.34. The molecule has 28 heavy (non-hydrogen) atoms. The highest BCUT2D eigenvalue weighted by molar-refractivity contribution is 7.91. The minimum atomic E-state index is -3.44. The number of carbonyl (C=O) groups is 1. The Bertz CT molecular complexity index is 1230. The first-order valence-corrected chi connectivity index (χ1v) is 11.1. The molecule has 6 nitrogen and oxygen atoms in total. The van der Waals surface area contributed by atoms with Crippen LogP contribution in [0.3, 0.4) is 0 Å². The molecule has 0 N–H and O–H groups in total. The van der Waals surface area contributed by atoms with E-state index in [4.69, 9.17) is 4.42 Å². The summed E-state index contributed by atoms with van der Waals surface area (Å²) < 4.78 is 30.2. The molecule has 0 fully saturated rings. The summed E-state index contributed by atoms with van der Waals surface area (Å²) >= 11 is 1.27. The van der Waals surface area contributed by atoms with Crippen LogP contribution in [-0.2, 0) is 16.4 Å². The number of anilines is 1. The molecule has 4 rings (SSSR count). The van der Waals surface area contributed by atoms with E-state index < -0.39 is 9.84 Å². The van der Waals surface area contributed by atoms with Crippen molar-refractivity contribution in [3.8, 4) is 0 Å². The number of sulfone groups is 1. The van der Waals surface area contributed by atoms with Crippen molar-refractivity contribution in [1.29, 1.82) is 0 Å². The lowest BCUT2D eigenvalue weighted by molar-refractivity contribution is 0.0958. The molecule has 0 radical (unpaired) electrons. The second kappa shape index (κ2) is 7.21. The van der Waals surface area contributed by atoms with Gasteiger partial charge < -0.3 is 4.42 Å². The van der Waals surface area contributed by atoms with Crippen LogP contribution in [0.4, 0.5) is 5.13 Å². The zero-order chi connectivity index (χ0) is 19.7. The molecular formula is C20H16N2O4S2. The molecule has 0 saturated heterocycles. The van der Waals surface area contributed by atoms with Crippen LogP contribution < -0.4 is 4.90 Å². The first kappa shape index (κ1) is 18.4. The summed E-state index contributed by atoms with van der Waals surface area (Å²) in [6.07, 6.45) is 2.59. The third-order valence-electron chi connectivity index (χ3n) is 4.16. The molecule has 2 aromatic heterocycles. The monoisotopic (exact) mass is 412 g/mol. The van der Waals surface area contributed by atoms with Gasteiger partial charge in [-0.2, -0.15) is 0 Å². The lowest BCUT2D eigenvalue weighted by Crippen LogP contribution is -2.30. The van der Waals surface area contributed by atoms with Crippen LogP contribution in [0.1, 0.15) is 16.1 Å². The Kier molecular flexibility index (Phi) is 4.74. The number of hydrogen-bond donors (Lipinski definition) is 0. The number of amides is 1. The van der Waals surface area contributed by atoms with E-state index in [2.05, 4.69) is 4.98 Å². The minimum Gasteiger partial charge on any atom is -0.459 e. The molecule has 0 spiro atoms. The van der Waals surface area contributed by atoms with Crippen LogP contribution >= 0.6 is 11.3 Å². The van der Waals surface area contributed by atoms with Crippen molar-refractivity contribution in [2.45, 2.75) is 11.4 Å². The second-order valence-corrected chi connectivity index (χ2v) is 9.22. The lowest BCUT2D eigenvalue weighted by atomic mass is 10.2. The predicted octanol–water partition coefficient (Wildman–Crippen LogP) is 4.14. The Morgan fingerprint density at radius 3 is 2.54 bits per heavy atom. The fourth-order valence-electron chi connectivity index (χ4n) is 2.85. The molecule has 0 atom stereocenters. The molecular weight excluding hydrogens is 396 g/mol. The van der Waals surface area contributed by atoms with Crippen molar-refractivity contribution in [2.75, 3.05) is 11.2 Å². The maximum absolute atomic E-state index is 13.1. The number of thiazole rings is 1. The molecule has 0 aliphatic carbocycles. The van der Waals surface area contributed by atoms with Gasteiger partial charge in [-0.25, -0.2) is 13.4 Å². The lowest BCUT2D eigenvalue weighted by Gasteiger charge is -2.18. The number of aromatic nitrogens is 1. The van der Waals surface area contributed by atoms with E-state index in [0.717, 1.165) is 11.8 Å². The number of carbonyl (C=O) groups excluding carboxylic acids is 1. The molecule has 0 aliphatic heterocycles. The van der Waals surface area contributed by atoms with Gasteiger partial charge in [0.15, 0.2) is 20.7 Å². The number of benzene rings is 2. The number of para-hydroxylation sites is 1. The Labute approximate surface area is 166 Å². The smallest absolute Gasteiger partial charge is 0.296 e. The third-order valence-corrected chi connectivity index (χ3v) is 6.33. The van der Waals surface area contributed by atoms with E-state index in [-0.39, 0.29) is 23.1 Å². The molecule has 0 aliphatic rings. The molecule has 0 bridgehead atoms. The summed E-state index contributed by atoms with van der Waals surface area (Å²) in [6.45, 7) is 0.286. The number of fused-ring (bicyclic) bond motifs is 1. The summed E-state index contributed by atoms with van der Waals surface area (Å²) in [5, 5.41) is 0.413. The van der Waals surface area contributed by atoms with Gasteiger partial charge in [-0.05, 0) is 29.8 Å². The highest BCUT2D eigenvalue weighted by Gasteiger charge is 2.25. The molecule has 1 amide bonds. The quantitative estimate of drug-likeness (QED) is 0.492. The molecule has 4 aromatic rings. The van der Waals surface area contributed by atoms with E-state index in [1.165, 1.54) is 28.6 Å². The number of furan rings is 1. The van der Waals surface area contributed by atoms with Crippen molar-refractivity contribution >= 4 is 42.4 Å². The zero-order valence-electron chi connectivity index (χ0n) is 14.9. The maximum atomic E-state index is 13.1. The summed E-state index contributed by atoms with van der Waals surface area (Å²) in [4.78, 5) is 19.2. The van der Waals surface area contributed by atoms with E-state index in [1.54, 1.807) is 24.3 Å². The van der Waals surface area contributed by atoms with Crippen molar-refractivity contribution in [3.63, 3.8) is 0 Å². The molecule has 2 heterocycles. The van der Waals surface area contributed by atoms with Gasteiger partial charge in [0.25, 0.3) is 5.91 Å². The van der Waals surface area contributed by atoms with Crippen molar-refractivity contribution < 1.29 is 17.6 Å². The number of nitrogens with zero attached hydrogens (tertiary/aromatic N) is 2. The van der Waals surface area contributed by atoms with Crippen LogP contribution in [0.25, 0.3) is 10.2 Å². The van der Waals surface area contributed by atoms with Crippen LogP contribution in [0.5, 0.6) is 0 Å². The normalized spacial score (nSPS) is 11.6. The van der Waals surface area contributed by atoms with Crippen LogP contribution in [0.2, 0.25) is 0 Å². The second-order valence-electron chi connectivity index (χ2n) is 6.23. The fourth-order valence-corrected chi connectivity index (χ4v) is 4.74. The van der Waals surface area contributed by atoms with E-state index in [9.17, 15) is 13.2 Å².